The molecule has 1 aromatic rings. The van der Waals surface area contributed by atoms with E-state index in [9.17, 15) is 9.59 Å². The van der Waals surface area contributed by atoms with E-state index in [2.05, 4.69) is 5.32 Å². The zero-order valence-electron chi connectivity index (χ0n) is 15.0. The quantitative estimate of drug-likeness (QED) is 0.772. The van der Waals surface area contributed by atoms with Crippen LogP contribution in [0.3, 0.4) is 0 Å². The van der Waals surface area contributed by atoms with Gasteiger partial charge in [-0.25, -0.2) is 0 Å². The molecule has 7 heteroatoms. The average Bonchev–Trinajstić information content (AvgIpc) is 3.27. The number of aliphatic carboxylic acids is 1. The summed E-state index contributed by atoms with van der Waals surface area (Å²) in [4.78, 5) is 23.8. The first-order chi connectivity index (χ1) is 12.5. The number of nitrogens with one attached hydrogen (secondary N) is 1. The third-order valence-corrected chi connectivity index (χ3v) is 4.99. The second-order valence-corrected chi connectivity index (χ2v) is 7.00. The zero-order chi connectivity index (χ0) is 18.6. The van der Waals surface area contributed by atoms with Crippen molar-refractivity contribution in [2.45, 2.75) is 50.2 Å². The van der Waals surface area contributed by atoms with Gasteiger partial charge in [0, 0.05) is 12.2 Å². The summed E-state index contributed by atoms with van der Waals surface area (Å²) < 4.78 is 16.7. The number of carboxylic acid groups (broad SMARTS) is 1. The number of methoxy groups -OCH3 is 1. The SMILES string of the molecule is COc1cc(C(=O)NC2(CC(=O)O)CCOC2)ccc1OC1CCCC1. The highest BCUT2D eigenvalue weighted by atomic mass is 16.5. The van der Waals surface area contributed by atoms with Crippen molar-refractivity contribution in [3.63, 3.8) is 0 Å². The van der Waals surface area contributed by atoms with Gasteiger partial charge in [0.2, 0.25) is 0 Å². The van der Waals surface area contributed by atoms with Crippen molar-refractivity contribution in [3.05, 3.63) is 23.8 Å². The van der Waals surface area contributed by atoms with Crippen LogP contribution in [0.2, 0.25) is 0 Å². The molecule has 2 aliphatic rings. The second-order valence-electron chi connectivity index (χ2n) is 7.00. The van der Waals surface area contributed by atoms with E-state index in [-0.39, 0.29) is 25.0 Å². The molecule has 26 heavy (non-hydrogen) atoms. The van der Waals surface area contributed by atoms with Gasteiger partial charge in [-0.2, -0.15) is 0 Å². The minimum Gasteiger partial charge on any atom is -0.493 e. The predicted molar refractivity (Wildman–Crippen MR) is 93.8 cm³/mol. The molecular formula is C19H25NO6. The Morgan fingerprint density at radius 2 is 2.08 bits per heavy atom. The molecule has 7 nitrogen and oxygen atoms in total. The van der Waals surface area contributed by atoms with Crippen molar-refractivity contribution < 1.29 is 28.9 Å². The van der Waals surface area contributed by atoms with E-state index >= 15 is 0 Å². The molecule has 1 saturated carbocycles. The fourth-order valence-electron chi connectivity index (χ4n) is 3.58. The summed E-state index contributed by atoms with van der Waals surface area (Å²) in [6.45, 7) is 0.635. The van der Waals surface area contributed by atoms with E-state index in [0.717, 1.165) is 12.8 Å². The van der Waals surface area contributed by atoms with E-state index in [1.165, 1.54) is 20.0 Å². The molecular weight excluding hydrogens is 338 g/mol. The van der Waals surface area contributed by atoms with E-state index in [1.807, 2.05) is 0 Å². The summed E-state index contributed by atoms with van der Waals surface area (Å²) in [6.07, 6.45) is 4.90. The Labute approximate surface area is 152 Å². The molecule has 142 valence electrons. The van der Waals surface area contributed by atoms with Crippen LogP contribution in [0.25, 0.3) is 0 Å². The van der Waals surface area contributed by atoms with Crippen LogP contribution in [-0.4, -0.2) is 48.9 Å². The number of carbonyl (C=O) groups is 2. The van der Waals surface area contributed by atoms with Gasteiger partial charge in [-0.15, -0.1) is 0 Å². The van der Waals surface area contributed by atoms with Crippen LogP contribution < -0.4 is 14.8 Å². The number of hydrogen-bond donors (Lipinski definition) is 2. The molecule has 0 aromatic heterocycles. The summed E-state index contributed by atoms with van der Waals surface area (Å²) in [5.41, 5.74) is -0.466. The van der Waals surface area contributed by atoms with Crippen molar-refractivity contribution in [2.24, 2.45) is 0 Å². The van der Waals surface area contributed by atoms with Crippen molar-refractivity contribution in [2.75, 3.05) is 20.3 Å². The van der Waals surface area contributed by atoms with Gasteiger partial charge < -0.3 is 24.6 Å². The van der Waals surface area contributed by atoms with Crippen molar-refractivity contribution in [1.82, 2.24) is 5.32 Å². The third kappa shape index (κ3) is 4.27. The zero-order valence-corrected chi connectivity index (χ0v) is 15.0. The van der Waals surface area contributed by atoms with E-state index in [0.29, 0.717) is 30.1 Å². The van der Waals surface area contributed by atoms with E-state index in [4.69, 9.17) is 19.3 Å². The highest BCUT2D eigenvalue weighted by Gasteiger charge is 2.39. The Morgan fingerprint density at radius 3 is 2.69 bits per heavy atom. The molecule has 1 aromatic carbocycles. The molecule has 0 radical (unpaired) electrons. The van der Waals surface area contributed by atoms with Crippen LogP contribution in [0.5, 0.6) is 11.5 Å². The summed E-state index contributed by atoms with van der Waals surface area (Å²) in [7, 11) is 1.54. The Morgan fingerprint density at radius 1 is 1.31 bits per heavy atom. The van der Waals surface area contributed by atoms with Crippen molar-refractivity contribution >= 4 is 11.9 Å². The minimum absolute atomic E-state index is 0.168. The van der Waals surface area contributed by atoms with Crippen LogP contribution in [0.15, 0.2) is 18.2 Å². The lowest BCUT2D eigenvalue weighted by Crippen LogP contribution is -2.50. The number of benzene rings is 1. The highest BCUT2D eigenvalue weighted by Crippen LogP contribution is 2.33. The number of carbonyl (C=O) groups excluding carboxylic acids is 1. The standard InChI is InChI=1S/C19H25NO6/c1-24-16-10-13(6-7-15(16)26-14-4-2-3-5-14)18(23)20-19(11-17(21)22)8-9-25-12-19/h6-7,10,14H,2-5,8-9,11-12H2,1H3,(H,20,23)(H,21,22). The molecule has 1 atom stereocenters. The second kappa shape index (κ2) is 7.95. The number of carboxylic acids is 1. The third-order valence-electron chi connectivity index (χ3n) is 4.99. The van der Waals surface area contributed by atoms with Crippen LogP contribution in [0.1, 0.15) is 48.9 Å². The normalized spacial score (nSPS) is 23.0. The summed E-state index contributed by atoms with van der Waals surface area (Å²) in [5.74, 6) is -0.184. The smallest absolute Gasteiger partial charge is 0.305 e. The first-order valence-corrected chi connectivity index (χ1v) is 8.98. The molecule has 2 N–H and O–H groups in total. The van der Waals surface area contributed by atoms with Crippen LogP contribution in [0.4, 0.5) is 0 Å². The molecule has 3 rings (SSSR count). The fourth-order valence-corrected chi connectivity index (χ4v) is 3.58. The van der Waals surface area contributed by atoms with Gasteiger partial charge in [0.15, 0.2) is 11.5 Å². The Hall–Kier alpha value is -2.28. The number of ether oxygens (including phenoxy) is 3. The lowest BCUT2D eigenvalue weighted by atomic mass is 9.93. The first-order valence-electron chi connectivity index (χ1n) is 8.98. The largest absolute Gasteiger partial charge is 0.493 e. The fraction of sp³-hybridized carbons (Fsp3) is 0.579. The van der Waals surface area contributed by atoms with Gasteiger partial charge in [0.25, 0.3) is 5.91 Å². The van der Waals surface area contributed by atoms with E-state index in [1.54, 1.807) is 18.2 Å². The lowest BCUT2D eigenvalue weighted by Gasteiger charge is -2.27. The van der Waals surface area contributed by atoms with Gasteiger partial charge in [-0.05, 0) is 50.3 Å². The van der Waals surface area contributed by atoms with Crippen LogP contribution in [0, 0.1) is 0 Å². The Bertz CT molecular complexity index is 662. The summed E-state index contributed by atoms with van der Waals surface area (Å²) in [6, 6.07) is 5.04. The molecule has 1 aliphatic heterocycles. The molecule has 1 heterocycles. The monoisotopic (exact) mass is 363 g/mol. The highest BCUT2D eigenvalue weighted by molar-refractivity contribution is 5.95. The van der Waals surface area contributed by atoms with Crippen molar-refractivity contribution in [1.29, 1.82) is 0 Å². The van der Waals surface area contributed by atoms with E-state index < -0.39 is 11.5 Å². The molecule has 2 fully saturated rings. The predicted octanol–water partition coefficient (Wildman–Crippen LogP) is 2.38. The van der Waals surface area contributed by atoms with Crippen LogP contribution >= 0.6 is 0 Å². The van der Waals surface area contributed by atoms with Gasteiger partial charge >= 0.3 is 5.97 Å². The average molecular weight is 363 g/mol. The molecule has 1 saturated heterocycles. The maximum atomic E-state index is 12.7. The number of amides is 1. The summed E-state index contributed by atoms with van der Waals surface area (Å²) in [5, 5.41) is 12.0. The first kappa shape index (κ1) is 18.5. The van der Waals surface area contributed by atoms with Crippen LogP contribution in [-0.2, 0) is 9.53 Å². The maximum Gasteiger partial charge on any atom is 0.305 e. The topological polar surface area (TPSA) is 94.1 Å². The number of rotatable bonds is 7. The number of hydrogen-bond acceptors (Lipinski definition) is 5. The van der Waals surface area contributed by atoms with Gasteiger partial charge in [0.05, 0.1) is 31.8 Å². The Kier molecular flexibility index (Phi) is 5.66. The maximum absolute atomic E-state index is 12.7. The molecule has 1 aliphatic carbocycles. The summed E-state index contributed by atoms with van der Waals surface area (Å²) >= 11 is 0. The van der Waals surface area contributed by atoms with Gasteiger partial charge in [-0.3, -0.25) is 9.59 Å². The molecule has 0 bridgehead atoms. The molecule has 0 spiro atoms. The van der Waals surface area contributed by atoms with Gasteiger partial charge in [-0.1, -0.05) is 0 Å². The van der Waals surface area contributed by atoms with Crippen molar-refractivity contribution in [3.8, 4) is 11.5 Å². The van der Waals surface area contributed by atoms with Gasteiger partial charge in [0.1, 0.15) is 0 Å². The molecule has 1 unspecified atom stereocenters. The molecule has 1 amide bonds. The lowest BCUT2D eigenvalue weighted by molar-refractivity contribution is -0.138. The minimum atomic E-state index is -0.964. The Balaban J connectivity index is 1.73.